The van der Waals surface area contributed by atoms with Gasteiger partial charge in [0.2, 0.25) is 0 Å². The van der Waals surface area contributed by atoms with E-state index in [1.807, 2.05) is 20.8 Å². The van der Waals surface area contributed by atoms with Crippen LogP contribution in [0, 0.1) is 0 Å². The highest BCUT2D eigenvalue weighted by molar-refractivity contribution is 5.69. The zero-order valence-electron chi connectivity index (χ0n) is 10.6. The van der Waals surface area contributed by atoms with Crippen molar-refractivity contribution in [2.24, 2.45) is 0 Å². The number of carbonyl (C=O) groups is 1. The Balaban J connectivity index is 3.76. The van der Waals surface area contributed by atoms with Crippen LogP contribution in [0.4, 0.5) is 0 Å². The number of hydrogen-bond donors (Lipinski definition) is 1. The van der Waals surface area contributed by atoms with Crippen LogP contribution in [0.3, 0.4) is 0 Å². The molecule has 5 nitrogen and oxygen atoms in total. The second-order valence-electron chi connectivity index (χ2n) is 3.43. The fourth-order valence-electron chi connectivity index (χ4n) is 1.24. The quantitative estimate of drug-likeness (QED) is 0.474. The monoisotopic (exact) mass is 233 g/mol. The van der Waals surface area contributed by atoms with E-state index in [-0.39, 0.29) is 18.3 Å². The number of carbonyl (C=O) groups excluding carboxylic acids is 1. The van der Waals surface area contributed by atoms with Gasteiger partial charge in [0, 0.05) is 25.8 Å². The molecule has 16 heavy (non-hydrogen) atoms. The van der Waals surface area contributed by atoms with Gasteiger partial charge in [0.1, 0.15) is 0 Å². The topological polar surface area (TPSA) is 56.8 Å². The van der Waals surface area contributed by atoms with Crippen molar-refractivity contribution in [1.82, 2.24) is 5.32 Å². The molecule has 1 unspecified atom stereocenters. The minimum absolute atomic E-state index is 0.0517. The van der Waals surface area contributed by atoms with E-state index in [0.717, 1.165) is 0 Å². The summed E-state index contributed by atoms with van der Waals surface area (Å²) in [6.07, 6.45) is 0.0941. The molecular formula is C11H23NO4. The fourth-order valence-corrected chi connectivity index (χ4v) is 1.24. The van der Waals surface area contributed by atoms with Gasteiger partial charge in [-0.2, -0.15) is 0 Å². The molecule has 0 spiro atoms. The molecule has 0 fully saturated rings. The predicted octanol–water partition coefficient (Wildman–Crippen LogP) is 0.927. The van der Waals surface area contributed by atoms with Gasteiger partial charge >= 0.3 is 5.97 Å². The molecule has 0 aromatic carbocycles. The first-order valence-corrected chi connectivity index (χ1v) is 5.67. The molecule has 0 bridgehead atoms. The lowest BCUT2D eigenvalue weighted by molar-refractivity contribution is -0.142. The molecule has 0 aliphatic rings. The smallest absolute Gasteiger partial charge is 0.307 e. The molecule has 5 heteroatoms. The van der Waals surface area contributed by atoms with Gasteiger partial charge in [-0.3, -0.25) is 4.79 Å². The van der Waals surface area contributed by atoms with Crippen LogP contribution in [0.2, 0.25) is 0 Å². The minimum Gasteiger partial charge on any atom is -0.469 e. The predicted molar refractivity (Wildman–Crippen MR) is 61.1 cm³/mol. The molecule has 0 aliphatic carbocycles. The summed E-state index contributed by atoms with van der Waals surface area (Å²) in [5.74, 6) is -0.218. The van der Waals surface area contributed by atoms with Gasteiger partial charge in [-0.05, 0) is 20.8 Å². The molecule has 1 N–H and O–H groups in total. The van der Waals surface area contributed by atoms with Gasteiger partial charge in [-0.25, -0.2) is 0 Å². The molecule has 0 aromatic heterocycles. The zero-order valence-corrected chi connectivity index (χ0v) is 10.6. The van der Waals surface area contributed by atoms with Crippen molar-refractivity contribution in [2.45, 2.75) is 39.5 Å². The van der Waals surface area contributed by atoms with E-state index in [9.17, 15) is 4.79 Å². The maximum atomic E-state index is 11.0. The van der Waals surface area contributed by atoms with Gasteiger partial charge in [0.05, 0.1) is 13.5 Å². The number of esters is 1. The first-order valence-electron chi connectivity index (χ1n) is 5.67. The van der Waals surface area contributed by atoms with Crippen molar-refractivity contribution >= 4 is 5.97 Å². The van der Waals surface area contributed by atoms with Crippen molar-refractivity contribution in [3.63, 3.8) is 0 Å². The molecule has 0 rings (SSSR count). The Labute approximate surface area is 97.4 Å². The van der Waals surface area contributed by atoms with Crippen molar-refractivity contribution < 1.29 is 19.0 Å². The van der Waals surface area contributed by atoms with Gasteiger partial charge in [-0.1, -0.05) is 0 Å². The van der Waals surface area contributed by atoms with Crippen molar-refractivity contribution in [3.05, 3.63) is 0 Å². The van der Waals surface area contributed by atoms with Crippen LogP contribution in [0.1, 0.15) is 27.2 Å². The number of nitrogens with one attached hydrogen (secondary N) is 1. The van der Waals surface area contributed by atoms with E-state index in [1.165, 1.54) is 7.11 Å². The highest BCUT2D eigenvalue weighted by atomic mass is 16.7. The molecule has 0 radical (unpaired) electrons. The highest BCUT2D eigenvalue weighted by Gasteiger charge is 2.12. The van der Waals surface area contributed by atoms with Crippen LogP contribution in [0.25, 0.3) is 0 Å². The zero-order chi connectivity index (χ0) is 12.4. The highest BCUT2D eigenvalue weighted by Crippen LogP contribution is 1.97. The van der Waals surface area contributed by atoms with Gasteiger partial charge < -0.3 is 19.5 Å². The Morgan fingerprint density at radius 3 is 2.25 bits per heavy atom. The van der Waals surface area contributed by atoms with E-state index in [4.69, 9.17) is 9.47 Å². The second kappa shape index (κ2) is 9.57. The Morgan fingerprint density at radius 1 is 1.25 bits per heavy atom. The molecule has 0 aliphatic heterocycles. The average molecular weight is 233 g/mol. The lowest BCUT2D eigenvalue weighted by atomic mass is 10.2. The van der Waals surface area contributed by atoms with Crippen LogP contribution in [0.15, 0.2) is 0 Å². The van der Waals surface area contributed by atoms with Gasteiger partial charge in [-0.15, -0.1) is 0 Å². The van der Waals surface area contributed by atoms with Crippen LogP contribution >= 0.6 is 0 Å². The third-order valence-corrected chi connectivity index (χ3v) is 2.04. The van der Waals surface area contributed by atoms with Crippen molar-refractivity contribution in [1.29, 1.82) is 0 Å². The van der Waals surface area contributed by atoms with E-state index in [1.54, 1.807) is 0 Å². The summed E-state index contributed by atoms with van der Waals surface area (Å²) >= 11 is 0. The van der Waals surface area contributed by atoms with Crippen molar-refractivity contribution in [3.8, 4) is 0 Å². The lowest BCUT2D eigenvalue weighted by Gasteiger charge is -2.20. The Bertz CT molecular complexity index is 181. The van der Waals surface area contributed by atoms with Crippen LogP contribution in [0.5, 0.6) is 0 Å². The van der Waals surface area contributed by atoms with E-state index in [0.29, 0.717) is 26.2 Å². The third-order valence-electron chi connectivity index (χ3n) is 2.04. The molecule has 0 aromatic rings. The molecule has 1 atom stereocenters. The fraction of sp³-hybridized carbons (Fsp3) is 0.909. The third kappa shape index (κ3) is 7.62. The van der Waals surface area contributed by atoms with E-state index >= 15 is 0 Å². The standard InChI is InChI=1S/C11H23NO4/c1-5-15-11(16-6-2)8-12-9(3)7-10(13)14-4/h9,11-12H,5-8H2,1-4H3. The molecule has 96 valence electrons. The molecule has 0 heterocycles. The summed E-state index contributed by atoms with van der Waals surface area (Å²) in [4.78, 5) is 11.0. The van der Waals surface area contributed by atoms with Crippen LogP contribution in [-0.4, -0.2) is 45.2 Å². The van der Waals surface area contributed by atoms with Gasteiger partial charge in [0.15, 0.2) is 6.29 Å². The lowest BCUT2D eigenvalue weighted by Crippen LogP contribution is -2.37. The minimum atomic E-state index is -0.255. The number of hydrogen-bond acceptors (Lipinski definition) is 5. The Hall–Kier alpha value is -0.650. The summed E-state index contributed by atoms with van der Waals surface area (Å²) in [7, 11) is 1.39. The molecule has 0 saturated carbocycles. The SMILES string of the molecule is CCOC(CNC(C)CC(=O)OC)OCC. The average Bonchev–Trinajstić information content (AvgIpc) is 2.26. The maximum Gasteiger partial charge on any atom is 0.307 e. The molecular weight excluding hydrogens is 210 g/mol. The van der Waals surface area contributed by atoms with Crippen LogP contribution < -0.4 is 5.32 Å². The van der Waals surface area contributed by atoms with Crippen LogP contribution in [-0.2, 0) is 19.0 Å². The number of methoxy groups -OCH3 is 1. The summed E-state index contributed by atoms with van der Waals surface area (Å²) in [6.45, 7) is 7.55. The van der Waals surface area contributed by atoms with Gasteiger partial charge in [0.25, 0.3) is 0 Å². The first kappa shape index (κ1) is 15.3. The Morgan fingerprint density at radius 2 is 1.81 bits per heavy atom. The molecule has 0 amide bonds. The van der Waals surface area contributed by atoms with E-state index < -0.39 is 0 Å². The number of ether oxygens (including phenoxy) is 3. The largest absolute Gasteiger partial charge is 0.469 e. The normalized spacial score (nSPS) is 12.8. The van der Waals surface area contributed by atoms with Crippen molar-refractivity contribution in [2.75, 3.05) is 26.9 Å². The summed E-state index contributed by atoms with van der Waals surface area (Å²) in [5.41, 5.74) is 0. The maximum absolute atomic E-state index is 11.0. The van der Waals surface area contributed by atoms with E-state index in [2.05, 4.69) is 10.1 Å². The second-order valence-corrected chi connectivity index (χ2v) is 3.43. The summed E-state index contributed by atoms with van der Waals surface area (Å²) in [6, 6.07) is 0.0517. The first-order chi connectivity index (χ1) is 7.63. The summed E-state index contributed by atoms with van der Waals surface area (Å²) in [5, 5.41) is 3.17. The Kier molecular flexibility index (Phi) is 9.18. The molecule has 0 saturated heterocycles. The summed E-state index contributed by atoms with van der Waals surface area (Å²) < 4.78 is 15.3. The number of rotatable bonds is 9.